The quantitative estimate of drug-likeness (QED) is 0.581. The molecule has 1 amide bonds. The summed E-state index contributed by atoms with van der Waals surface area (Å²) in [5.74, 6) is -0.133. The van der Waals surface area contributed by atoms with E-state index in [1.165, 1.54) is 10.4 Å². The first-order valence-corrected chi connectivity index (χ1v) is 11.3. The highest BCUT2D eigenvalue weighted by Gasteiger charge is 2.29. The predicted molar refractivity (Wildman–Crippen MR) is 118 cm³/mol. The SMILES string of the molecule is O=C(/C=C/c1ccncc1)N1CCN(S(=O)(=O)c2ccc3cc(Cl)ccc3c2)CC1. The highest BCUT2D eigenvalue weighted by Crippen LogP contribution is 2.25. The first-order chi connectivity index (χ1) is 14.4. The van der Waals surface area contributed by atoms with Crippen LogP contribution in [0.3, 0.4) is 0 Å². The molecule has 0 saturated carbocycles. The zero-order valence-electron chi connectivity index (χ0n) is 16.1. The van der Waals surface area contributed by atoms with Gasteiger partial charge in [-0.1, -0.05) is 23.7 Å². The van der Waals surface area contributed by atoms with Crippen molar-refractivity contribution in [3.63, 3.8) is 0 Å². The van der Waals surface area contributed by atoms with Crippen molar-refractivity contribution in [1.82, 2.24) is 14.2 Å². The van der Waals surface area contributed by atoms with E-state index in [4.69, 9.17) is 11.6 Å². The van der Waals surface area contributed by atoms with Crippen molar-refractivity contribution in [2.45, 2.75) is 4.90 Å². The van der Waals surface area contributed by atoms with Gasteiger partial charge < -0.3 is 4.90 Å². The average Bonchev–Trinajstić information content (AvgIpc) is 2.77. The number of aromatic nitrogens is 1. The zero-order valence-corrected chi connectivity index (χ0v) is 17.7. The molecular weight excluding hydrogens is 422 g/mol. The number of amides is 1. The fourth-order valence-corrected chi connectivity index (χ4v) is 5.04. The second-order valence-electron chi connectivity index (χ2n) is 7.00. The number of pyridine rings is 1. The molecule has 2 aromatic carbocycles. The molecule has 0 aliphatic carbocycles. The smallest absolute Gasteiger partial charge is 0.246 e. The molecular formula is C22H20ClN3O3S. The molecule has 0 spiro atoms. The molecule has 0 N–H and O–H groups in total. The minimum absolute atomic E-state index is 0.133. The molecule has 3 aromatic rings. The molecule has 1 saturated heterocycles. The third-order valence-corrected chi connectivity index (χ3v) is 7.22. The van der Waals surface area contributed by atoms with Gasteiger partial charge in [0.1, 0.15) is 0 Å². The van der Waals surface area contributed by atoms with E-state index in [1.807, 2.05) is 18.2 Å². The van der Waals surface area contributed by atoms with Crippen molar-refractivity contribution in [3.8, 4) is 0 Å². The van der Waals surface area contributed by atoms with Crippen LogP contribution in [0.4, 0.5) is 0 Å². The molecule has 0 radical (unpaired) electrons. The monoisotopic (exact) mass is 441 g/mol. The second kappa shape index (κ2) is 8.55. The maximum Gasteiger partial charge on any atom is 0.246 e. The lowest BCUT2D eigenvalue weighted by Gasteiger charge is -2.33. The Bertz CT molecular complexity index is 1200. The maximum atomic E-state index is 13.1. The van der Waals surface area contributed by atoms with Gasteiger partial charge in [0.25, 0.3) is 0 Å². The third kappa shape index (κ3) is 4.38. The van der Waals surface area contributed by atoms with Gasteiger partial charge in [0.2, 0.25) is 15.9 Å². The van der Waals surface area contributed by atoms with Gasteiger partial charge in [-0.05, 0) is 58.8 Å². The summed E-state index contributed by atoms with van der Waals surface area (Å²) in [4.78, 5) is 18.3. The molecule has 2 heterocycles. The van der Waals surface area contributed by atoms with Crippen molar-refractivity contribution in [2.24, 2.45) is 0 Å². The van der Waals surface area contributed by atoms with Gasteiger partial charge in [-0.25, -0.2) is 8.42 Å². The number of halogens is 1. The molecule has 6 nitrogen and oxygen atoms in total. The van der Waals surface area contributed by atoms with Crippen molar-refractivity contribution in [3.05, 3.63) is 77.6 Å². The highest BCUT2D eigenvalue weighted by atomic mass is 35.5. The van der Waals surface area contributed by atoms with Gasteiger partial charge in [-0.15, -0.1) is 0 Å². The summed E-state index contributed by atoms with van der Waals surface area (Å²) in [6, 6.07) is 14.0. The van der Waals surface area contributed by atoms with Gasteiger partial charge in [-0.3, -0.25) is 9.78 Å². The van der Waals surface area contributed by atoms with Crippen molar-refractivity contribution in [2.75, 3.05) is 26.2 Å². The van der Waals surface area contributed by atoms with E-state index in [0.29, 0.717) is 18.1 Å². The van der Waals surface area contributed by atoms with Gasteiger partial charge in [0.05, 0.1) is 4.90 Å². The molecule has 8 heteroatoms. The number of sulfonamides is 1. The Morgan fingerprint density at radius 3 is 2.33 bits per heavy atom. The van der Waals surface area contributed by atoms with Crippen molar-refractivity contribution in [1.29, 1.82) is 0 Å². The fraction of sp³-hybridized carbons (Fsp3) is 0.182. The summed E-state index contributed by atoms with van der Waals surface area (Å²) < 4.78 is 27.6. The van der Waals surface area contributed by atoms with Crippen LogP contribution in [-0.2, 0) is 14.8 Å². The molecule has 0 atom stereocenters. The molecule has 0 bridgehead atoms. The number of nitrogens with zero attached hydrogens (tertiary/aromatic N) is 3. The molecule has 1 aliphatic rings. The molecule has 1 aromatic heterocycles. The Balaban J connectivity index is 1.43. The fourth-order valence-electron chi connectivity index (χ4n) is 3.40. The Kier molecular flexibility index (Phi) is 5.85. The lowest BCUT2D eigenvalue weighted by atomic mass is 10.1. The lowest BCUT2D eigenvalue weighted by molar-refractivity contribution is -0.127. The summed E-state index contributed by atoms with van der Waals surface area (Å²) >= 11 is 6.00. The number of hydrogen-bond donors (Lipinski definition) is 0. The Morgan fingerprint density at radius 2 is 1.60 bits per heavy atom. The molecule has 0 unspecified atom stereocenters. The predicted octanol–water partition coefficient (Wildman–Crippen LogP) is 3.43. The highest BCUT2D eigenvalue weighted by molar-refractivity contribution is 7.89. The molecule has 1 fully saturated rings. The van der Waals surface area contributed by atoms with Crippen LogP contribution in [0.1, 0.15) is 5.56 Å². The first kappa shape index (κ1) is 20.5. The van der Waals surface area contributed by atoms with Gasteiger partial charge in [-0.2, -0.15) is 4.31 Å². The largest absolute Gasteiger partial charge is 0.337 e. The summed E-state index contributed by atoms with van der Waals surface area (Å²) in [5, 5.41) is 2.31. The van der Waals surface area contributed by atoms with E-state index >= 15 is 0 Å². The van der Waals surface area contributed by atoms with E-state index in [-0.39, 0.29) is 23.9 Å². The molecule has 4 rings (SSSR count). The van der Waals surface area contributed by atoms with E-state index in [0.717, 1.165) is 16.3 Å². The van der Waals surface area contributed by atoms with Gasteiger partial charge >= 0.3 is 0 Å². The number of hydrogen-bond acceptors (Lipinski definition) is 4. The molecule has 30 heavy (non-hydrogen) atoms. The van der Waals surface area contributed by atoms with Crippen LogP contribution < -0.4 is 0 Å². The van der Waals surface area contributed by atoms with Crippen LogP contribution in [0.2, 0.25) is 5.02 Å². The third-order valence-electron chi connectivity index (χ3n) is 5.09. The number of carbonyl (C=O) groups is 1. The number of carbonyl (C=O) groups excluding carboxylic acids is 1. The number of piperazine rings is 1. The van der Waals surface area contributed by atoms with Crippen LogP contribution in [-0.4, -0.2) is 54.7 Å². The summed E-state index contributed by atoms with van der Waals surface area (Å²) in [7, 11) is -3.63. The molecule has 1 aliphatic heterocycles. The second-order valence-corrected chi connectivity index (χ2v) is 9.37. The van der Waals surface area contributed by atoms with E-state index in [9.17, 15) is 13.2 Å². The number of rotatable bonds is 4. The standard InChI is InChI=1S/C22H20ClN3O3S/c23-20-4-2-19-16-21(5-3-18(19)15-20)30(28,29)26-13-11-25(12-14-26)22(27)6-1-17-7-9-24-10-8-17/h1-10,15-16H,11-14H2/b6-1+. The summed E-state index contributed by atoms with van der Waals surface area (Å²) in [6.07, 6.45) is 6.56. The number of fused-ring (bicyclic) bond motifs is 1. The minimum atomic E-state index is -3.63. The van der Waals surface area contributed by atoms with Gasteiger partial charge in [0, 0.05) is 49.7 Å². The Labute approximate surface area is 180 Å². The number of benzene rings is 2. The first-order valence-electron chi connectivity index (χ1n) is 9.50. The van der Waals surface area contributed by atoms with Crippen LogP contribution in [0.15, 0.2) is 71.9 Å². The van der Waals surface area contributed by atoms with Gasteiger partial charge in [0.15, 0.2) is 0 Å². The average molecular weight is 442 g/mol. The summed E-state index contributed by atoms with van der Waals surface area (Å²) in [6.45, 7) is 1.22. The van der Waals surface area contributed by atoms with Crippen LogP contribution in [0.25, 0.3) is 16.8 Å². The minimum Gasteiger partial charge on any atom is -0.337 e. The Morgan fingerprint density at radius 1 is 0.933 bits per heavy atom. The Hall–Kier alpha value is -2.74. The van der Waals surface area contributed by atoms with Crippen LogP contribution in [0, 0.1) is 0 Å². The summed E-state index contributed by atoms with van der Waals surface area (Å²) in [5.41, 5.74) is 0.886. The topological polar surface area (TPSA) is 70.6 Å². The van der Waals surface area contributed by atoms with Crippen LogP contribution in [0.5, 0.6) is 0 Å². The lowest BCUT2D eigenvalue weighted by Crippen LogP contribution is -2.50. The molecule has 154 valence electrons. The van der Waals surface area contributed by atoms with Crippen molar-refractivity contribution >= 4 is 44.4 Å². The zero-order chi connectivity index (χ0) is 21.1. The maximum absolute atomic E-state index is 13.1. The van der Waals surface area contributed by atoms with E-state index < -0.39 is 10.0 Å². The normalized spacial score (nSPS) is 15.7. The van der Waals surface area contributed by atoms with Crippen LogP contribution >= 0.6 is 11.6 Å². The van der Waals surface area contributed by atoms with Crippen molar-refractivity contribution < 1.29 is 13.2 Å². The van der Waals surface area contributed by atoms with E-state index in [1.54, 1.807) is 53.7 Å². The van der Waals surface area contributed by atoms with E-state index in [2.05, 4.69) is 4.98 Å².